The number of hydrogen-bond donors (Lipinski definition) is 1. The fourth-order valence-corrected chi connectivity index (χ4v) is 4.30. The van der Waals surface area contributed by atoms with E-state index in [1.165, 1.54) is 6.07 Å². The second-order valence-corrected chi connectivity index (χ2v) is 8.71. The Morgan fingerprint density at radius 2 is 1.76 bits per heavy atom. The van der Waals surface area contributed by atoms with E-state index in [1.54, 1.807) is 54.6 Å². The van der Waals surface area contributed by atoms with E-state index in [9.17, 15) is 10.1 Å². The number of nitrogens with zero attached hydrogens (tertiary/aromatic N) is 1. The lowest BCUT2D eigenvalue weighted by atomic mass is 9.83. The normalized spacial score (nSPS) is 14.7. The monoisotopic (exact) mass is 544 g/mol. The molecule has 166 valence electrons. The van der Waals surface area contributed by atoms with Gasteiger partial charge in [-0.05, 0) is 42.5 Å². The molecule has 0 aromatic heterocycles. The Balaban J connectivity index is 1.58. The maximum absolute atomic E-state index is 12.2. The van der Waals surface area contributed by atoms with Gasteiger partial charge in [0.05, 0.1) is 5.92 Å². The molecule has 3 aromatic rings. The Labute approximate surface area is 208 Å². The van der Waals surface area contributed by atoms with Gasteiger partial charge in [-0.25, -0.2) is 4.79 Å². The number of esters is 1. The van der Waals surface area contributed by atoms with Crippen LogP contribution in [0, 0.1) is 11.3 Å². The highest BCUT2D eigenvalue weighted by molar-refractivity contribution is 9.10. The summed E-state index contributed by atoms with van der Waals surface area (Å²) in [5.74, 6) is -0.216. The molecule has 1 aliphatic heterocycles. The van der Waals surface area contributed by atoms with Crippen LogP contribution >= 0.6 is 39.1 Å². The molecule has 2 N–H and O–H groups in total. The summed E-state index contributed by atoms with van der Waals surface area (Å²) in [7, 11) is 0. The second-order valence-electron chi connectivity index (χ2n) is 6.98. The fraction of sp³-hybridized carbons (Fsp3) is 0.0833. The van der Waals surface area contributed by atoms with E-state index in [0.29, 0.717) is 32.7 Å². The highest BCUT2D eigenvalue weighted by Gasteiger charge is 2.33. The molecule has 0 saturated carbocycles. The highest BCUT2D eigenvalue weighted by atomic mass is 79.9. The maximum atomic E-state index is 12.2. The average Bonchev–Trinajstić information content (AvgIpc) is 2.78. The molecule has 0 amide bonds. The van der Waals surface area contributed by atoms with Gasteiger partial charge in [-0.15, -0.1) is 0 Å². The molecule has 33 heavy (non-hydrogen) atoms. The molecule has 3 aromatic carbocycles. The van der Waals surface area contributed by atoms with Crippen molar-refractivity contribution in [2.45, 2.75) is 5.92 Å². The van der Waals surface area contributed by atoms with Crippen LogP contribution in [0.2, 0.25) is 10.0 Å². The van der Waals surface area contributed by atoms with E-state index in [2.05, 4.69) is 22.0 Å². The number of carbonyl (C=O) groups excluding carboxylic acids is 1. The Hall–Kier alpha value is -3.18. The third-order valence-corrected chi connectivity index (χ3v) is 6.07. The molecular weight excluding hydrogens is 531 g/mol. The number of allylic oxidation sites excluding steroid dienone is 1. The average molecular weight is 546 g/mol. The van der Waals surface area contributed by atoms with Crippen molar-refractivity contribution < 1.29 is 19.0 Å². The van der Waals surface area contributed by atoms with Gasteiger partial charge in [0.2, 0.25) is 5.88 Å². The van der Waals surface area contributed by atoms with Gasteiger partial charge in [0.25, 0.3) is 0 Å². The van der Waals surface area contributed by atoms with Gasteiger partial charge in [0.15, 0.2) is 6.61 Å². The van der Waals surface area contributed by atoms with Gasteiger partial charge in [0.1, 0.15) is 28.9 Å². The van der Waals surface area contributed by atoms with E-state index < -0.39 is 11.9 Å². The number of carbonyl (C=O) groups is 1. The van der Waals surface area contributed by atoms with Crippen molar-refractivity contribution in [2.75, 3.05) is 6.61 Å². The Morgan fingerprint density at radius 1 is 1.09 bits per heavy atom. The minimum Gasteiger partial charge on any atom is -0.482 e. The molecule has 9 heteroatoms. The first-order valence-electron chi connectivity index (χ1n) is 9.62. The summed E-state index contributed by atoms with van der Waals surface area (Å²) in [5.41, 5.74) is 7.36. The number of benzene rings is 3. The van der Waals surface area contributed by atoms with Crippen LogP contribution in [0.5, 0.6) is 17.2 Å². The molecule has 0 bridgehead atoms. The van der Waals surface area contributed by atoms with Crippen LogP contribution in [0.15, 0.2) is 76.6 Å². The van der Waals surface area contributed by atoms with Crippen molar-refractivity contribution in [1.82, 2.24) is 0 Å². The standard InChI is InChI=1S/C24H15BrCl2N2O4/c25-13-4-6-14(7-5-13)31-12-21(30)32-15-8-9-16-20(10-15)33-24(29)17(11-28)22(16)23-18(26)2-1-3-19(23)27/h1-10,22H,12,29H2. The van der Waals surface area contributed by atoms with Crippen LogP contribution in [0.25, 0.3) is 0 Å². The molecular formula is C24H15BrCl2N2O4. The number of halogens is 3. The molecule has 1 atom stereocenters. The highest BCUT2D eigenvalue weighted by Crippen LogP contribution is 2.47. The molecule has 1 heterocycles. The molecule has 1 aliphatic rings. The molecule has 0 fully saturated rings. The van der Waals surface area contributed by atoms with Crippen molar-refractivity contribution in [1.29, 1.82) is 5.26 Å². The van der Waals surface area contributed by atoms with Crippen LogP contribution in [0.4, 0.5) is 0 Å². The molecule has 4 rings (SSSR count). The van der Waals surface area contributed by atoms with Crippen LogP contribution in [0.1, 0.15) is 17.0 Å². The molecule has 0 saturated heterocycles. The van der Waals surface area contributed by atoms with Crippen LogP contribution in [-0.4, -0.2) is 12.6 Å². The van der Waals surface area contributed by atoms with Gasteiger partial charge in [-0.1, -0.05) is 51.3 Å². The zero-order chi connectivity index (χ0) is 23.5. The third kappa shape index (κ3) is 4.93. The lowest BCUT2D eigenvalue weighted by Gasteiger charge is -2.27. The van der Waals surface area contributed by atoms with Gasteiger partial charge in [-0.3, -0.25) is 0 Å². The van der Waals surface area contributed by atoms with Crippen LogP contribution in [0.3, 0.4) is 0 Å². The predicted octanol–water partition coefficient (Wildman–Crippen LogP) is 5.96. The number of nitrogens with two attached hydrogens (primary N) is 1. The van der Waals surface area contributed by atoms with Crippen molar-refractivity contribution >= 4 is 45.1 Å². The topological polar surface area (TPSA) is 94.6 Å². The first-order valence-corrected chi connectivity index (χ1v) is 11.2. The lowest BCUT2D eigenvalue weighted by Crippen LogP contribution is -2.22. The summed E-state index contributed by atoms with van der Waals surface area (Å²) in [6.45, 7) is -0.280. The first-order chi connectivity index (χ1) is 15.9. The molecule has 0 radical (unpaired) electrons. The van der Waals surface area contributed by atoms with E-state index in [4.69, 9.17) is 43.1 Å². The summed E-state index contributed by atoms with van der Waals surface area (Å²) in [5, 5.41) is 10.5. The number of nitriles is 1. The van der Waals surface area contributed by atoms with E-state index >= 15 is 0 Å². The maximum Gasteiger partial charge on any atom is 0.349 e. The smallest absolute Gasteiger partial charge is 0.349 e. The largest absolute Gasteiger partial charge is 0.482 e. The van der Waals surface area contributed by atoms with Crippen LogP contribution < -0.4 is 19.9 Å². The van der Waals surface area contributed by atoms with Gasteiger partial charge in [0, 0.05) is 31.7 Å². The number of fused-ring (bicyclic) bond motifs is 1. The van der Waals surface area contributed by atoms with Gasteiger partial charge < -0.3 is 19.9 Å². The molecule has 0 spiro atoms. The van der Waals surface area contributed by atoms with Gasteiger partial charge in [-0.2, -0.15) is 5.26 Å². The minimum absolute atomic E-state index is 0.0759. The van der Waals surface area contributed by atoms with E-state index in [-0.39, 0.29) is 23.8 Å². The fourth-order valence-electron chi connectivity index (χ4n) is 3.42. The van der Waals surface area contributed by atoms with Crippen molar-refractivity contribution in [2.24, 2.45) is 5.73 Å². The zero-order valence-corrected chi connectivity index (χ0v) is 19.9. The summed E-state index contributed by atoms with van der Waals surface area (Å²) in [6.07, 6.45) is 0. The Bertz CT molecular complexity index is 1280. The molecule has 6 nitrogen and oxygen atoms in total. The van der Waals surface area contributed by atoms with Crippen molar-refractivity contribution in [3.8, 4) is 23.3 Å². The van der Waals surface area contributed by atoms with E-state index in [1.807, 2.05) is 0 Å². The summed E-state index contributed by atoms with van der Waals surface area (Å²) < 4.78 is 17.4. The second kappa shape index (κ2) is 9.75. The molecule has 0 aliphatic carbocycles. The predicted molar refractivity (Wildman–Crippen MR) is 127 cm³/mol. The molecule has 1 unspecified atom stereocenters. The zero-order valence-electron chi connectivity index (χ0n) is 16.8. The van der Waals surface area contributed by atoms with Crippen molar-refractivity contribution in [3.05, 3.63) is 97.8 Å². The lowest BCUT2D eigenvalue weighted by molar-refractivity contribution is -0.136. The number of rotatable bonds is 5. The Morgan fingerprint density at radius 3 is 2.42 bits per heavy atom. The Kier molecular flexibility index (Phi) is 6.80. The number of ether oxygens (including phenoxy) is 3. The first kappa shape index (κ1) is 23.0. The summed E-state index contributed by atoms with van der Waals surface area (Å²) in [6, 6.07) is 19.0. The third-order valence-electron chi connectivity index (χ3n) is 4.88. The SMILES string of the molecule is N#CC1=C(N)Oc2cc(OC(=O)COc3ccc(Br)cc3)ccc2C1c1c(Cl)cccc1Cl. The van der Waals surface area contributed by atoms with Gasteiger partial charge >= 0.3 is 5.97 Å². The van der Waals surface area contributed by atoms with Crippen molar-refractivity contribution in [3.63, 3.8) is 0 Å². The van der Waals surface area contributed by atoms with E-state index in [0.717, 1.165) is 4.47 Å². The minimum atomic E-state index is -0.634. The van der Waals surface area contributed by atoms with Crippen LogP contribution in [-0.2, 0) is 4.79 Å². The summed E-state index contributed by atoms with van der Waals surface area (Å²) in [4.78, 5) is 12.2. The number of hydrogen-bond acceptors (Lipinski definition) is 6. The quantitative estimate of drug-likeness (QED) is 0.314. The summed E-state index contributed by atoms with van der Waals surface area (Å²) >= 11 is 16.2.